The fourth-order valence-electron chi connectivity index (χ4n) is 3.47. The van der Waals surface area contributed by atoms with Crippen molar-refractivity contribution in [2.75, 3.05) is 54.2 Å². The lowest BCUT2D eigenvalue weighted by Gasteiger charge is -2.35. The van der Waals surface area contributed by atoms with E-state index < -0.39 is 6.04 Å². The summed E-state index contributed by atoms with van der Waals surface area (Å²) < 4.78 is 15.1. The first-order chi connectivity index (χ1) is 14.5. The van der Waals surface area contributed by atoms with Crippen molar-refractivity contribution in [2.24, 2.45) is 5.92 Å². The first-order valence-corrected chi connectivity index (χ1v) is 9.98. The minimum absolute atomic E-state index is 0.0399. The quantitative estimate of drug-likeness (QED) is 0.531. The summed E-state index contributed by atoms with van der Waals surface area (Å²) in [6.45, 7) is 1.81. The van der Waals surface area contributed by atoms with Gasteiger partial charge < -0.3 is 29.7 Å². The molecule has 1 aromatic rings. The van der Waals surface area contributed by atoms with Crippen LogP contribution in [0.15, 0.2) is 24.3 Å². The zero-order chi connectivity index (χ0) is 21.9. The number of hydrogen-bond donors (Lipinski definition) is 2. The van der Waals surface area contributed by atoms with Crippen molar-refractivity contribution in [1.29, 1.82) is 0 Å². The first-order valence-electron chi connectivity index (χ1n) is 9.98. The number of likely N-dealkylation sites (tertiary alicyclic amines) is 1. The second-order valence-corrected chi connectivity index (χ2v) is 7.12. The molecule has 1 atom stereocenters. The third-order valence-corrected chi connectivity index (χ3v) is 5.14. The minimum Gasteiger partial charge on any atom is -0.497 e. The van der Waals surface area contributed by atoms with Gasteiger partial charge in [0.2, 0.25) is 11.8 Å². The number of benzene rings is 1. The minimum atomic E-state index is -0.708. The molecule has 0 saturated carbocycles. The van der Waals surface area contributed by atoms with Crippen molar-refractivity contribution in [1.82, 2.24) is 15.5 Å². The van der Waals surface area contributed by atoms with E-state index in [0.29, 0.717) is 50.4 Å². The maximum Gasteiger partial charge on any atom is 0.252 e. The molecule has 0 bridgehead atoms. The highest BCUT2D eigenvalue weighted by Gasteiger charge is 2.33. The molecule has 0 radical (unpaired) electrons. The summed E-state index contributed by atoms with van der Waals surface area (Å²) in [7, 11) is 4.57. The van der Waals surface area contributed by atoms with Crippen molar-refractivity contribution >= 4 is 17.7 Å². The maximum atomic E-state index is 12.8. The summed E-state index contributed by atoms with van der Waals surface area (Å²) in [5.74, 6) is -0.205. The molecule has 1 aliphatic heterocycles. The molecule has 9 heteroatoms. The third kappa shape index (κ3) is 6.70. The van der Waals surface area contributed by atoms with Crippen LogP contribution in [0.2, 0.25) is 0 Å². The van der Waals surface area contributed by atoms with Gasteiger partial charge in [0.05, 0.1) is 13.7 Å². The molecule has 2 rings (SSSR count). The molecule has 0 aromatic heterocycles. The molecule has 1 fully saturated rings. The molecule has 1 aromatic carbocycles. The highest BCUT2D eigenvalue weighted by Crippen LogP contribution is 2.22. The fraction of sp³-hybridized carbons (Fsp3) is 0.571. The van der Waals surface area contributed by atoms with E-state index in [0.717, 1.165) is 0 Å². The topological polar surface area (TPSA) is 106 Å². The summed E-state index contributed by atoms with van der Waals surface area (Å²) in [4.78, 5) is 39.4. The van der Waals surface area contributed by atoms with Gasteiger partial charge in [-0.15, -0.1) is 0 Å². The van der Waals surface area contributed by atoms with Gasteiger partial charge in [-0.2, -0.15) is 0 Å². The van der Waals surface area contributed by atoms with Crippen LogP contribution in [0.5, 0.6) is 5.75 Å². The molecule has 3 amide bonds. The molecular formula is C21H31N3O6. The van der Waals surface area contributed by atoms with Gasteiger partial charge in [0, 0.05) is 39.4 Å². The van der Waals surface area contributed by atoms with Crippen molar-refractivity contribution in [3.8, 4) is 5.75 Å². The van der Waals surface area contributed by atoms with E-state index in [1.165, 1.54) is 14.2 Å². The lowest BCUT2D eigenvalue weighted by Crippen LogP contribution is -2.54. The third-order valence-electron chi connectivity index (χ3n) is 5.14. The second kappa shape index (κ2) is 12.1. The normalized spacial score (nSPS) is 15.4. The van der Waals surface area contributed by atoms with Crippen molar-refractivity contribution in [3.63, 3.8) is 0 Å². The monoisotopic (exact) mass is 421 g/mol. The Kier molecular flexibility index (Phi) is 9.56. The van der Waals surface area contributed by atoms with E-state index >= 15 is 0 Å². The number of piperidine rings is 1. The van der Waals surface area contributed by atoms with Gasteiger partial charge in [-0.1, -0.05) is 6.07 Å². The Bertz CT molecular complexity index is 718. The second-order valence-electron chi connectivity index (χ2n) is 7.12. The molecule has 1 aliphatic rings. The Morgan fingerprint density at radius 1 is 1.13 bits per heavy atom. The Hall–Kier alpha value is -2.65. The predicted molar refractivity (Wildman–Crippen MR) is 110 cm³/mol. The smallest absolute Gasteiger partial charge is 0.252 e. The van der Waals surface area contributed by atoms with Gasteiger partial charge in [0.1, 0.15) is 18.4 Å². The molecule has 166 valence electrons. The highest BCUT2D eigenvalue weighted by atomic mass is 16.5. The molecule has 9 nitrogen and oxygen atoms in total. The lowest BCUT2D eigenvalue weighted by atomic mass is 9.88. The number of carbonyl (C=O) groups is 3. The Morgan fingerprint density at radius 2 is 1.87 bits per heavy atom. The predicted octanol–water partition coefficient (Wildman–Crippen LogP) is 0.441. The Morgan fingerprint density at radius 3 is 2.50 bits per heavy atom. The summed E-state index contributed by atoms with van der Waals surface area (Å²) in [6, 6.07) is 6.06. The number of rotatable bonds is 10. The zero-order valence-corrected chi connectivity index (χ0v) is 17.8. The SMILES string of the molecule is COCCNC(=O)C(NC(=O)c1cccc(OC)c1)C1CCN(C(=O)COC)CC1. The number of ether oxygens (including phenoxy) is 3. The van der Waals surface area contributed by atoms with Crippen LogP contribution in [0.4, 0.5) is 0 Å². The molecule has 0 spiro atoms. The fourth-order valence-corrected chi connectivity index (χ4v) is 3.47. The molecule has 1 unspecified atom stereocenters. The number of carbonyl (C=O) groups excluding carboxylic acids is 3. The van der Waals surface area contributed by atoms with Crippen LogP contribution >= 0.6 is 0 Å². The van der Waals surface area contributed by atoms with E-state index in [-0.39, 0.29) is 30.2 Å². The largest absolute Gasteiger partial charge is 0.497 e. The zero-order valence-electron chi connectivity index (χ0n) is 17.8. The van der Waals surface area contributed by atoms with Crippen LogP contribution in [0.1, 0.15) is 23.2 Å². The molecular weight excluding hydrogens is 390 g/mol. The first kappa shape index (κ1) is 23.6. The van der Waals surface area contributed by atoms with Gasteiger partial charge in [0.15, 0.2) is 0 Å². The lowest BCUT2D eigenvalue weighted by molar-refractivity contribution is -0.136. The van der Waals surface area contributed by atoms with Gasteiger partial charge in [-0.3, -0.25) is 14.4 Å². The maximum absolute atomic E-state index is 12.8. The summed E-state index contributed by atoms with van der Waals surface area (Å²) in [5.41, 5.74) is 0.414. The summed E-state index contributed by atoms with van der Waals surface area (Å²) in [5, 5.41) is 5.69. The molecule has 30 heavy (non-hydrogen) atoms. The van der Waals surface area contributed by atoms with E-state index in [9.17, 15) is 14.4 Å². The molecule has 2 N–H and O–H groups in total. The van der Waals surface area contributed by atoms with E-state index in [4.69, 9.17) is 14.2 Å². The van der Waals surface area contributed by atoms with Crippen LogP contribution in [-0.2, 0) is 19.1 Å². The number of hydrogen-bond acceptors (Lipinski definition) is 6. The average Bonchev–Trinajstić information content (AvgIpc) is 2.77. The van der Waals surface area contributed by atoms with Gasteiger partial charge in [-0.05, 0) is 37.0 Å². The molecule has 1 saturated heterocycles. The van der Waals surface area contributed by atoms with Crippen molar-refractivity contribution < 1.29 is 28.6 Å². The van der Waals surface area contributed by atoms with E-state index in [1.54, 1.807) is 36.3 Å². The van der Waals surface area contributed by atoms with Crippen LogP contribution < -0.4 is 15.4 Å². The van der Waals surface area contributed by atoms with Crippen LogP contribution in [-0.4, -0.2) is 82.8 Å². The van der Waals surface area contributed by atoms with Crippen molar-refractivity contribution in [2.45, 2.75) is 18.9 Å². The van der Waals surface area contributed by atoms with Crippen LogP contribution in [0.25, 0.3) is 0 Å². The number of nitrogens with one attached hydrogen (secondary N) is 2. The summed E-state index contributed by atoms with van der Waals surface area (Å²) in [6.07, 6.45) is 1.21. The number of methoxy groups -OCH3 is 3. The van der Waals surface area contributed by atoms with Crippen LogP contribution in [0, 0.1) is 5.92 Å². The summed E-state index contributed by atoms with van der Waals surface area (Å²) >= 11 is 0. The van der Waals surface area contributed by atoms with E-state index in [1.807, 2.05) is 0 Å². The number of amides is 3. The highest BCUT2D eigenvalue weighted by molar-refractivity contribution is 5.98. The number of nitrogens with zero attached hydrogens (tertiary/aromatic N) is 1. The molecule has 1 heterocycles. The standard InChI is InChI=1S/C21H31N3O6/c1-28-12-9-22-21(27)19(15-7-10-24(11-8-15)18(25)14-29-2)23-20(26)16-5-4-6-17(13-16)30-3/h4-6,13,15,19H,7-12,14H2,1-3H3,(H,22,27)(H,23,26). The van der Waals surface area contributed by atoms with Crippen LogP contribution in [0.3, 0.4) is 0 Å². The van der Waals surface area contributed by atoms with Gasteiger partial charge in [0.25, 0.3) is 5.91 Å². The average molecular weight is 421 g/mol. The van der Waals surface area contributed by atoms with E-state index in [2.05, 4.69) is 10.6 Å². The van der Waals surface area contributed by atoms with Gasteiger partial charge >= 0.3 is 0 Å². The van der Waals surface area contributed by atoms with Crippen molar-refractivity contribution in [3.05, 3.63) is 29.8 Å². The van der Waals surface area contributed by atoms with Gasteiger partial charge in [-0.25, -0.2) is 0 Å². The molecule has 0 aliphatic carbocycles. The Balaban J connectivity index is 2.08. The Labute approximate surface area is 177 Å².